The van der Waals surface area contributed by atoms with Crippen molar-refractivity contribution in [3.8, 4) is 0 Å². The van der Waals surface area contributed by atoms with Crippen molar-refractivity contribution >= 4 is 41.3 Å². The van der Waals surface area contributed by atoms with Crippen molar-refractivity contribution in [2.24, 2.45) is 4.99 Å². The number of rotatable bonds is 6. The average Bonchev–Trinajstić information content (AvgIpc) is 3.03. The van der Waals surface area contributed by atoms with E-state index in [-0.39, 0.29) is 24.0 Å². The molecule has 0 bridgehead atoms. The van der Waals surface area contributed by atoms with Gasteiger partial charge in [-0.3, -0.25) is 4.99 Å². The summed E-state index contributed by atoms with van der Waals surface area (Å²) in [6.45, 7) is 8.01. The van der Waals surface area contributed by atoms with Crippen LogP contribution in [0.25, 0.3) is 0 Å². The fraction of sp³-hybridized carbons (Fsp3) is 0.444. The maximum absolute atomic E-state index is 4.56. The molecule has 2 aromatic rings. The van der Waals surface area contributed by atoms with Crippen molar-refractivity contribution in [1.82, 2.24) is 15.6 Å². The van der Waals surface area contributed by atoms with Gasteiger partial charge in [0.2, 0.25) is 0 Å². The quantitative estimate of drug-likeness (QED) is 0.389. The zero-order chi connectivity index (χ0) is 16.7. The molecule has 0 fully saturated rings. The van der Waals surface area contributed by atoms with Gasteiger partial charge in [-0.25, -0.2) is 4.98 Å². The third-order valence-corrected chi connectivity index (χ3v) is 4.83. The smallest absolute Gasteiger partial charge is 0.191 e. The third-order valence-electron chi connectivity index (χ3n) is 3.78. The summed E-state index contributed by atoms with van der Waals surface area (Å²) in [6, 6.07) is 8.71. The molecule has 0 saturated carbocycles. The summed E-state index contributed by atoms with van der Waals surface area (Å²) in [6.07, 6.45) is 0.992. The Hall–Kier alpha value is -1.15. The lowest BCUT2D eigenvalue weighted by Crippen LogP contribution is -2.38. The van der Waals surface area contributed by atoms with Crippen LogP contribution in [0.3, 0.4) is 0 Å². The molecular formula is C18H27IN4S. The number of guanidine groups is 1. The van der Waals surface area contributed by atoms with Crippen LogP contribution in [0.2, 0.25) is 0 Å². The molecule has 4 nitrogen and oxygen atoms in total. The second kappa shape index (κ2) is 10.7. The summed E-state index contributed by atoms with van der Waals surface area (Å²) >= 11 is 1.71. The molecule has 24 heavy (non-hydrogen) atoms. The van der Waals surface area contributed by atoms with Crippen molar-refractivity contribution < 1.29 is 0 Å². The fourth-order valence-electron chi connectivity index (χ4n) is 2.25. The van der Waals surface area contributed by atoms with E-state index in [4.69, 9.17) is 0 Å². The molecule has 1 unspecified atom stereocenters. The minimum absolute atomic E-state index is 0. The summed E-state index contributed by atoms with van der Waals surface area (Å²) in [5.41, 5.74) is 3.70. The van der Waals surface area contributed by atoms with E-state index in [9.17, 15) is 0 Å². The number of aliphatic imine (C=N–C) groups is 1. The van der Waals surface area contributed by atoms with E-state index in [2.05, 4.69) is 71.0 Å². The Bertz CT molecular complexity index is 637. The van der Waals surface area contributed by atoms with E-state index >= 15 is 0 Å². The number of nitrogens with zero attached hydrogens (tertiary/aromatic N) is 2. The van der Waals surface area contributed by atoms with Crippen LogP contribution in [0.4, 0.5) is 0 Å². The summed E-state index contributed by atoms with van der Waals surface area (Å²) in [5.74, 6) is 1.25. The molecule has 132 valence electrons. The van der Waals surface area contributed by atoms with Crippen LogP contribution in [0.5, 0.6) is 0 Å². The van der Waals surface area contributed by atoms with Crippen molar-refractivity contribution in [2.45, 2.75) is 39.7 Å². The van der Waals surface area contributed by atoms with Gasteiger partial charge < -0.3 is 10.6 Å². The summed E-state index contributed by atoms with van der Waals surface area (Å²) in [7, 11) is 1.80. The van der Waals surface area contributed by atoms with Gasteiger partial charge in [0.15, 0.2) is 5.96 Å². The van der Waals surface area contributed by atoms with Gasteiger partial charge in [-0.15, -0.1) is 35.3 Å². The monoisotopic (exact) mass is 458 g/mol. The highest BCUT2D eigenvalue weighted by Gasteiger charge is 2.07. The van der Waals surface area contributed by atoms with Gasteiger partial charge >= 0.3 is 0 Å². The van der Waals surface area contributed by atoms with Gasteiger partial charge in [0.05, 0.1) is 17.2 Å². The average molecular weight is 458 g/mol. The molecule has 6 heteroatoms. The zero-order valence-corrected chi connectivity index (χ0v) is 17.9. The minimum Gasteiger partial charge on any atom is -0.356 e. The van der Waals surface area contributed by atoms with E-state index < -0.39 is 0 Å². The highest BCUT2D eigenvalue weighted by Crippen LogP contribution is 2.14. The Balaban J connectivity index is 0.00000288. The third kappa shape index (κ3) is 6.39. The number of halogens is 1. The summed E-state index contributed by atoms with van der Waals surface area (Å²) < 4.78 is 0. The molecule has 1 heterocycles. The molecule has 0 aliphatic heterocycles. The topological polar surface area (TPSA) is 49.3 Å². The van der Waals surface area contributed by atoms with Crippen LogP contribution in [-0.2, 0) is 13.0 Å². The van der Waals surface area contributed by atoms with Gasteiger partial charge in [0.1, 0.15) is 0 Å². The van der Waals surface area contributed by atoms with Crippen LogP contribution in [-0.4, -0.2) is 24.5 Å². The lowest BCUT2D eigenvalue weighted by atomic mass is 10.0. The first-order chi connectivity index (χ1) is 11.1. The first kappa shape index (κ1) is 20.9. The fourth-order valence-corrected chi connectivity index (χ4v) is 2.99. The Morgan fingerprint density at radius 3 is 2.54 bits per heavy atom. The van der Waals surface area contributed by atoms with Crippen LogP contribution in [0, 0.1) is 6.92 Å². The molecule has 0 aliphatic carbocycles. The lowest BCUT2D eigenvalue weighted by molar-refractivity contribution is 0.697. The zero-order valence-electron chi connectivity index (χ0n) is 14.8. The Labute approximate surface area is 166 Å². The van der Waals surface area contributed by atoms with Crippen molar-refractivity contribution in [3.63, 3.8) is 0 Å². The molecule has 1 atom stereocenters. The minimum atomic E-state index is 0. The number of hydrogen-bond donors (Lipinski definition) is 2. The molecule has 0 radical (unpaired) electrons. The maximum atomic E-state index is 4.56. The molecule has 2 rings (SSSR count). The van der Waals surface area contributed by atoms with Crippen LogP contribution in [0.1, 0.15) is 41.6 Å². The number of thiazole rings is 1. The standard InChI is InChI=1S/C18H26N4S.HI/c1-5-17-22-16(12-23-17)11-21-18(19-4)20-10-14(3)15-8-6-13(2)7-9-15;/h6-9,12,14H,5,10-11H2,1-4H3,(H2,19,20,21);1H. The van der Waals surface area contributed by atoms with E-state index in [1.54, 1.807) is 18.4 Å². The second-order valence-corrected chi connectivity index (χ2v) is 6.65. The number of benzene rings is 1. The predicted octanol–water partition coefficient (Wildman–Crippen LogP) is 4.10. The Morgan fingerprint density at radius 2 is 1.96 bits per heavy atom. The largest absolute Gasteiger partial charge is 0.356 e. The highest BCUT2D eigenvalue weighted by atomic mass is 127. The highest BCUT2D eigenvalue weighted by molar-refractivity contribution is 14.0. The van der Waals surface area contributed by atoms with E-state index in [1.807, 2.05) is 0 Å². The summed E-state index contributed by atoms with van der Waals surface area (Å²) in [4.78, 5) is 8.84. The van der Waals surface area contributed by atoms with Gasteiger partial charge in [-0.05, 0) is 24.8 Å². The van der Waals surface area contributed by atoms with E-state index in [0.29, 0.717) is 12.5 Å². The molecular weight excluding hydrogens is 431 g/mol. The van der Waals surface area contributed by atoms with Crippen LogP contribution < -0.4 is 10.6 Å². The lowest BCUT2D eigenvalue weighted by Gasteiger charge is -2.16. The molecule has 0 amide bonds. The van der Waals surface area contributed by atoms with Gasteiger partial charge in [0, 0.05) is 19.0 Å². The van der Waals surface area contributed by atoms with Crippen molar-refractivity contribution in [2.75, 3.05) is 13.6 Å². The van der Waals surface area contributed by atoms with Crippen molar-refractivity contribution in [1.29, 1.82) is 0 Å². The van der Waals surface area contributed by atoms with Gasteiger partial charge in [0.25, 0.3) is 0 Å². The molecule has 2 N–H and O–H groups in total. The normalized spacial score (nSPS) is 12.4. The summed E-state index contributed by atoms with van der Waals surface area (Å²) in [5, 5.41) is 9.99. The number of nitrogens with one attached hydrogen (secondary N) is 2. The van der Waals surface area contributed by atoms with E-state index in [0.717, 1.165) is 24.6 Å². The Morgan fingerprint density at radius 1 is 1.25 bits per heavy atom. The molecule has 1 aromatic carbocycles. The molecule has 0 saturated heterocycles. The number of aryl methyl sites for hydroxylation is 2. The van der Waals surface area contributed by atoms with Crippen LogP contribution >= 0.6 is 35.3 Å². The predicted molar refractivity (Wildman–Crippen MR) is 115 cm³/mol. The number of hydrogen-bond acceptors (Lipinski definition) is 3. The van der Waals surface area contributed by atoms with E-state index in [1.165, 1.54) is 16.1 Å². The maximum Gasteiger partial charge on any atom is 0.191 e. The Kier molecular flexibility index (Phi) is 9.28. The SMILES string of the molecule is CCc1nc(CNC(=NC)NCC(C)c2ccc(C)cc2)cs1.I. The number of aromatic nitrogens is 1. The first-order valence-corrected chi connectivity index (χ1v) is 8.94. The van der Waals surface area contributed by atoms with Crippen molar-refractivity contribution in [3.05, 3.63) is 51.5 Å². The first-order valence-electron chi connectivity index (χ1n) is 8.06. The molecule has 0 aliphatic rings. The van der Waals surface area contributed by atoms with Crippen LogP contribution in [0.15, 0.2) is 34.6 Å². The molecule has 0 spiro atoms. The molecule has 1 aromatic heterocycles. The van der Waals surface area contributed by atoms with Gasteiger partial charge in [-0.1, -0.05) is 43.7 Å². The second-order valence-electron chi connectivity index (χ2n) is 5.70. The van der Waals surface area contributed by atoms with Gasteiger partial charge in [-0.2, -0.15) is 0 Å².